The van der Waals surface area contributed by atoms with Crippen LogP contribution in [-0.4, -0.2) is 38.0 Å². The second kappa shape index (κ2) is 6.69. The number of nitrogens with zero attached hydrogens (tertiary/aromatic N) is 4. The van der Waals surface area contributed by atoms with Crippen LogP contribution >= 0.6 is 0 Å². The fraction of sp³-hybridized carbons (Fsp3) is 0.812. The van der Waals surface area contributed by atoms with E-state index in [0.717, 1.165) is 51.1 Å². The van der Waals surface area contributed by atoms with Crippen LogP contribution in [0.2, 0.25) is 0 Å². The Morgan fingerprint density at radius 2 is 2.19 bits per heavy atom. The minimum Gasteiger partial charge on any atom is -0.299 e. The Bertz CT molecular complexity index is 484. The first kappa shape index (κ1) is 14.7. The van der Waals surface area contributed by atoms with Crippen molar-refractivity contribution in [2.45, 2.75) is 71.0 Å². The summed E-state index contributed by atoms with van der Waals surface area (Å²) in [6, 6.07) is 0.435. The molecule has 1 aliphatic carbocycles. The van der Waals surface area contributed by atoms with Crippen LogP contribution in [0.1, 0.15) is 57.7 Å². The van der Waals surface area contributed by atoms with Gasteiger partial charge in [-0.25, -0.2) is 9.67 Å². The molecule has 2 unspecified atom stereocenters. The second-order valence-corrected chi connectivity index (χ2v) is 6.40. The molecule has 1 aromatic heterocycles. The minimum absolute atomic E-state index is 0.267. The molecule has 1 aromatic rings. The number of aryl methyl sites for hydroxylation is 1. The summed E-state index contributed by atoms with van der Waals surface area (Å²) in [5.41, 5.74) is 0. The third-order valence-electron chi connectivity index (χ3n) is 4.96. The number of hydrogen-bond donors (Lipinski definition) is 0. The Balaban J connectivity index is 1.69. The van der Waals surface area contributed by atoms with Crippen LogP contribution < -0.4 is 0 Å². The summed E-state index contributed by atoms with van der Waals surface area (Å²) in [5.74, 6) is 1.81. The van der Waals surface area contributed by atoms with Gasteiger partial charge in [0.1, 0.15) is 17.9 Å². The smallest absolute Gasteiger partial charge is 0.141 e. The van der Waals surface area contributed by atoms with E-state index in [1.807, 2.05) is 4.68 Å². The van der Waals surface area contributed by atoms with Gasteiger partial charge < -0.3 is 0 Å². The Kier molecular flexibility index (Phi) is 4.68. The molecule has 3 rings (SSSR count). The number of hydrogen-bond acceptors (Lipinski definition) is 4. The fourth-order valence-electron chi connectivity index (χ4n) is 3.91. The van der Waals surface area contributed by atoms with Crippen LogP contribution in [0, 0.1) is 5.92 Å². The van der Waals surface area contributed by atoms with Gasteiger partial charge in [0.2, 0.25) is 0 Å². The molecule has 1 saturated carbocycles. The molecule has 21 heavy (non-hydrogen) atoms. The summed E-state index contributed by atoms with van der Waals surface area (Å²) in [6.07, 6.45) is 9.28. The Labute approximate surface area is 126 Å². The predicted octanol–water partition coefficient (Wildman–Crippen LogP) is 2.41. The molecule has 2 aliphatic rings. The van der Waals surface area contributed by atoms with Gasteiger partial charge in [-0.15, -0.1) is 0 Å². The van der Waals surface area contributed by atoms with Crippen LogP contribution in [0.25, 0.3) is 0 Å². The van der Waals surface area contributed by atoms with E-state index in [1.54, 1.807) is 6.33 Å². The Morgan fingerprint density at radius 1 is 1.29 bits per heavy atom. The zero-order valence-corrected chi connectivity index (χ0v) is 13.0. The van der Waals surface area contributed by atoms with E-state index < -0.39 is 0 Å². The van der Waals surface area contributed by atoms with Gasteiger partial charge in [0.25, 0.3) is 0 Å². The van der Waals surface area contributed by atoms with Gasteiger partial charge in [0.15, 0.2) is 0 Å². The molecule has 1 saturated heterocycles. The highest BCUT2D eigenvalue weighted by atomic mass is 16.1. The number of aromatic nitrogens is 3. The van der Waals surface area contributed by atoms with Crippen molar-refractivity contribution < 1.29 is 4.79 Å². The van der Waals surface area contributed by atoms with Crippen LogP contribution in [0.15, 0.2) is 6.33 Å². The standard InChI is InChI=1S/C16H26N4O/c1-2-9-20-16(17-12-18-20)11-19-10-5-7-14(19)13-6-3-4-8-15(13)21/h12-14H,2-11H2,1H3. The van der Waals surface area contributed by atoms with Crippen molar-refractivity contribution >= 4 is 5.78 Å². The summed E-state index contributed by atoms with van der Waals surface area (Å²) >= 11 is 0. The number of ketones is 1. The van der Waals surface area contributed by atoms with Crippen molar-refractivity contribution in [2.24, 2.45) is 5.92 Å². The van der Waals surface area contributed by atoms with Crippen LogP contribution in [-0.2, 0) is 17.9 Å². The van der Waals surface area contributed by atoms with E-state index in [1.165, 1.54) is 19.3 Å². The normalized spacial score (nSPS) is 27.4. The molecular weight excluding hydrogens is 264 g/mol. The van der Waals surface area contributed by atoms with E-state index >= 15 is 0 Å². The molecule has 0 N–H and O–H groups in total. The highest BCUT2D eigenvalue weighted by molar-refractivity contribution is 5.82. The van der Waals surface area contributed by atoms with Crippen molar-refractivity contribution in [3.63, 3.8) is 0 Å². The lowest BCUT2D eigenvalue weighted by Gasteiger charge is -2.32. The average Bonchev–Trinajstić information content (AvgIpc) is 3.11. The molecule has 116 valence electrons. The highest BCUT2D eigenvalue weighted by Crippen LogP contribution is 2.33. The first-order chi connectivity index (χ1) is 10.3. The second-order valence-electron chi connectivity index (χ2n) is 6.40. The number of carbonyl (C=O) groups is 1. The van der Waals surface area contributed by atoms with Gasteiger partial charge in [-0.05, 0) is 38.6 Å². The molecule has 1 aliphatic heterocycles. The van der Waals surface area contributed by atoms with Gasteiger partial charge >= 0.3 is 0 Å². The molecule has 5 nitrogen and oxygen atoms in total. The zero-order chi connectivity index (χ0) is 14.7. The van der Waals surface area contributed by atoms with E-state index in [2.05, 4.69) is 21.9 Å². The average molecular weight is 290 g/mol. The summed E-state index contributed by atoms with van der Waals surface area (Å²) in [4.78, 5) is 19.1. The van der Waals surface area contributed by atoms with Gasteiger partial charge in [-0.1, -0.05) is 13.3 Å². The molecule has 2 atom stereocenters. The van der Waals surface area contributed by atoms with Crippen molar-refractivity contribution in [3.05, 3.63) is 12.2 Å². The molecule has 0 spiro atoms. The van der Waals surface area contributed by atoms with Gasteiger partial charge in [0.05, 0.1) is 6.54 Å². The molecule has 0 radical (unpaired) electrons. The maximum Gasteiger partial charge on any atom is 0.141 e. The van der Waals surface area contributed by atoms with Crippen molar-refractivity contribution in [3.8, 4) is 0 Å². The molecule has 2 fully saturated rings. The number of Topliss-reactive ketones (excluding diaryl/α,β-unsaturated/α-hetero) is 1. The Morgan fingerprint density at radius 3 is 3.00 bits per heavy atom. The number of carbonyl (C=O) groups excluding carboxylic acids is 1. The molecular formula is C16H26N4O. The lowest BCUT2D eigenvalue weighted by molar-refractivity contribution is -0.126. The highest BCUT2D eigenvalue weighted by Gasteiger charge is 2.37. The number of likely N-dealkylation sites (tertiary alicyclic amines) is 1. The maximum absolute atomic E-state index is 12.2. The molecule has 0 amide bonds. The van der Waals surface area contributed by atoms with Gasteiger partial charge in [0, 0.05) is 24.9 Å². The number of rotatable bonds is 5. The van der Waals surface area contributed by atoms with E-state index in [-0.39, 0.29) is 5.92 Å². The summed E-state index contributed by atoms with van der Waals surface area (Å²) in [7, 11) is 0. The SMILES string of the molecule is CCCn1ncnc1CN1CCCC1C1CCCCC1=O. The molecule has 0 aromatic carbocycles. The predicted molar refractivity (Wildman–Crippen MR) is 80.7 cm³/mol. The summed E-state index contributed by atoms with van der Waals surface area (Å²) < 4.78 is 2.01. The summed E-state index contributed by atoms with van der Waals surface area (Å²) in [6.45, 7) is 5.02. The topological polar surface area (TPSA) is 51.0 Å². The third-order valence-corrected chi connectivity index (χ3v) is 4.96. The van der Waals surface area contributed by atoms with Gasteiger partial charge in [-0.3, -0.25) is 9.69 Å². The minimum atomic E-state index is 0.267. The first-order valence-electron chi connectivity index (χ1n) is 8.43. The third kappa shape index (κ3) is 3.18. The van der Waals surface area contributed by atoms with Crippen LogP contribution in [0.5, 0.6) is 0 Å². The molecule has 5 heteroatoms. The first-order valence-corrected chi connectivity index (χ1v) is 8.43. The fourth-order valence-corrected chi connectivity index (χ4v) is 3.91. The van der Waals surface area contributed by atoms with Crippen molar-refractivity contribution in [1.29, 1.82) is 0 Å². The van der Waals surface area contributed by atoms with Crippen LogP contribution in [0.4, 0.5) is 0 Å². The van der Waals surface area contributed by atoms with Crippen molar-refractivity contribution in [1.82, 2.24) is 19.7 Å². The van der Waals surface area contributed by atoms with E-state index in [0.29, 0.717) is 11.8 Å². The van der Waals surface area contributed by atoms with Crippen molar-refractivity contribution in [2.75, 3.05) is 6.54 Å². The van der Waals surface area contributed by atoms with E-state index in [4.69, 9.17) is 0 Å². The van der Waals surface area contributed by atoms with Gasteiger partial charge in [-0.2, -0.15) is 5.10 Å². The molecule has 0 bridgehead atoms. The molecule has 2 heterocycles. The maximum atomic E-state index is 12.2. The lowest BCUT2D eigenvalue weighted by atomic mass is 9.82. The lowest BCUT2D eigenvalue weighted by Crippen LogP contribution is -2.40. The largest absolute Gasteiger partial charge is 0.299 e. The monoisotopic (exact) mass is 290 g/mol. The Hall–Kier alpha value is -1.23. The quantitative estimate of drug-likeness (QED) is 0.835. The zero-order valence-electron chi connectivity index (χ0n) is 13.0. The van der Waals surface area contributed by atoms with E-state index in [9.17, 15) is 4.79 Å². The summed E-state index contributed by atoms with van der Waals surface area (Å²) in [5, 5.41) is 4.31. The van der Waals surface area contributed by atoms with Crippen LogP contribution in [0.3, 0.4) is 0 Å².